The Hall–Kier alpha value is -0.0800. The maximum absolute atomic E-state index is 6.31. The van der Waals surface area contributed by atoms with Crippen molar-refractivity contribution in [2.45, 2.75) is 89.5 Å². The molecule has 2 fully saturated rings. The van der Waals surface area contributed by atoms with Crippen LogP contribution < -0.4 is 5.73 Å². The Labute approximate surface area is 132 Å². The SMILES string of the molecule is CC1CC1CN(C)C1(CN)CCCCCCCCCCC1. The molecule has 0 amide bonds. The lowest BCUT2D eigenvalue weighted by molar-refractivity contribution is 0.0916. The van der Waals surface area contributed by atoms with Gasteiger partial charge in [-0.15, -0.1) is 0 Å². The van der Waals surface area contributed by atoms with E-state index in [9.17, 15) is 0 Å². The van der Waals surface area contributed by atoms with Crippen LogP contribution in [0.2, 0.25) is 0 Å². The summed E-state index contributed by atoms with van der Waals surface area (Å²) < 4.78 is 0. The van der Waals surface area contributed by atoms with Crippen molar-refractivity contribution in [2.24, 2.45) is 17.6 Å². The number of nitrogens with two attached hydrogens (primary N) is 1. The molecule has 0 aromatic rings. The Morgan fingerprint density at radius 3 is 1.71 bits per heavy atom. The smallest absolute Gasteiger partial charge is 0.0328 e. The third-order valence-electron chi connectivity index (χ3n) is 6.26. The molecule has 2 aliphatic rings. The van der Waals surface area contributed by atoms with Gasteiger partial charge >= 0.3 is 0 Å². The van der Waals surface area contributed by atoms with Crippen LogP contribution in [0.15, 0.2) is 0 Å². The third-order valence-corrected chi connectivity index (χ3v) is 6.26. The Morgan fingerprint density at radius 2 is 1.33 bits per heavy atom. The number of likely N-dealkylation sites (N-methyl/N-ethyl adjacent to an activating group) is 1. The highest BCUT2D eigenvalue weighted by atomic mass is 15.2. The first-order chi connectivity index (χ1) is 10.2. The molecule has 0 aliphatic heterocycles. The van der Waals surface area contributed by atoms with Crippen LogP contribution in [0.1, 0.15) is 84.0 Å². The minimum Gasteiger partial charge on any atom is -0.329 e. The second kappa shape index (κ2) is 8.53. The molecule has 0 bridgehead atoms. The summed E-state index contributed by atoms with van der Waals surface area (Å²) in [7, 11) is 2.35. The Balaban J connectivity index is 1.92. The fourth-order valence-corrected chi connectivity index (χ4v) is 4.21. The van der Waals surface area contributed by atoms with Gasteiger partial charge in [0.2, 0.25) is 0 Å². The van der Waals surface area contributed by atoms with Crippen LogP contribution >= 0.6 is 0 Å². The normalized spacial score (nSPS) is 31.4. The van der Waals surface area contributed by atoms with Crippen molar-refractivity contribution < 1.29 is 0 Å². The minimum atomic E-state index is 0.293. The van der Waals surface area contributed by atoms with Gasteiger partial charge in [0.05, 0.1) is 0 Å². The molecule has 21 heavy (non-hydrogen) atoms. The quantitative estimate of drug-likeness (QED) is 0.822. The molecule has 2 heteroatoms. The van der Waals surface area contributed by atoms with Crippen LogP contribution in [0.3, 0.4) is 0 Å². The van der Waals surface area contributed by atoms with Crippen molar-refractivity contribution in [1.82, 2.24) is 4.90 Å². The van der Waals surface area contributed by atoms with E-state index in [4.69, 9.17) is 5.73 Å². The van der Waals surface area contributed by atoms with E-state index in [1.54, 1.807) is 0 Å². The first-order valence-electron chi connectivity index (χ1n) is 9.59. The molecule has 2 nitrogen and oxygen atoms in total. The standard InChI is InChI=1S/C19H38N2/c1-17-14-18(17)15-21(2)19(16-20)12-10-8-6-4-3-5-7-9-11-13-19/h17-18H,3-16,20H2,1-2H3. The van der Waals surface area contributed by atoms with Crippen LogP contribution in [0.5, 0.6) is 0 Å². The minimum absolute atomic E-state index is 0.293. The molecule has 2 atom stereocenters. The van der Waals surface area contributed by atoms with Crippen LogP contribution in [0.4, 0.5) is 0 Å². The van der Waals surface area contributed by atoms with Gasteiger partial charge in [-0.25, -0.2) is 0 Å². The van der Waals surface area contributed by atoms with Crippen LogP contribution in [-0.4, -0.2) is 30.6 Å². The predicted octanol–water partition coefficient (Wildman–Crippen LogP) is 4.58. The summed E-state index contributed by atoms with van der Waals surface area (Å²) >= 11 is 0. The van der Waals surface area contributed by atoms with E-state index in [2.05, 4.69) is 18.9 Å². The van der Waals surface area contributed by atoms with Crippen molar-refractivity contribution >= 4 is 0 Å². The molecule has 2 saturated carbocycles. The summed E-state index contributed by atoms with van der Waals surface area (Å²) in [5.74, 6) is 1.90. The van der Waals surface area contributed by atoms with E-state index >= 15 is 0 Å². The number of hydrogen-bond acceptors (Lipinski definition) is 2. The van der Waals surface area contributed by atoms with E-state index in [0.717, 1.165) is 18.4 Å². The van der Waals surface area contributed by atoms with Crippen molar-refractivity contribution in [2.75, 3.05) is 20.1 Å². The first kappa shape index (κ1) is 17.3. The fourth-order valence-electron chi connectivity index (χ4n) is 4.21. The van der Waals surface area contributed by atoms with Crippen molar-refractivity contribution in [3.05, 3.63) is 0 Å². The highest BCUT2D eigenvalue weighted by Gasteiger charge is 2.39. The van der Waals surface area contributed by atoms with Crippen molar-refractivity contribution in [3.8, 4) is 0 Å². The van der Waals surface area contributed by atoms with Gasteiger partial charge in [0.15, 0.2) is 0 Å². The van der Waals surface area contributed by atoms with Crippen LogP contribution in [0, 0.1) is 11.8 Å². The lowest BCUT2D eigenvalue weighted by atomic mass is 9.84. The molecule has 124 valence electrons. The zero-order chi connectivity index (χ0) is 15.1. The van der Waals surface area contributed by atoms with Gasteiger partial charge in [0, 0.05) is 18.6 Å². The summed E-state index contributed by atoms with van der Waals surface area (Å²) in [6.07, 6.45) is 16.9. The molecule has 0 aromatic carbocycles. The van der Waals surface area contributed by atoms with Gasteiger partial charge in [-0.1, -0.05) is 64.7 Å². The zero-order valence-electron chi connectivity index (χ0n) is 14.6. The molecular weight excluding hydrogens is 256 g/mol. The van der Waals surface area contributed by atoms with Crippen LogP contribution in [0.25, 0.3) is 0 Å². The van der Waals surface area contributed by atoms with Crippen molar-refractivity contribution in [1.29, 1.82) is 0 Å². The summed E-state index contributed by atoms with van der Waals surface area (Å²) in [6.45, 7) is 4.53. The fraction of sp³-hybridized carbons (Fsp3) is 1.00. The van der Waals surface area contributed by atoms with Gasteiger partial charge in [-0.05, 0) is 38.1 Å². The average molecular weight is 295 g/mol. The van der Waals surface area contributed by atoms with E-state index in [1.165, 1.54) is 83.6 Å². The molecule has 0 heterocycles. The molecule has 0 radical (unpaired) electrons. The first-order valence-corrected chi connectivity index (χ1v) is 9.59. The largest absolute Gasteiger partial charge is 0.329 e. The van der Waals surface area contributed by atoms with E-state index in [1.807, 2.05) is 0 Å². The molecule has 2 N–H and O–H groups in total. The van der Waals surface area contributed by atoms with E-state index in [0.29, 0.717) is 5.54 Å². The van der Waals surface area contributed by atoms with Gasteiger partial charge in [0.25, 0.3) is 0 Å². The summed E-state index contributed by atoms with van der Waals surface area (Å²) in [6, 6.07) is 0. The van der Waals surface area contributed by atoms with Gasteiger partial charge < -0.3 is 5.73 Å². The van der Waals surface area contributed by atoms with Crippen LogP contribution in [-0.2, 0) is 0 Å². The average Bonchev–Trinajstić information content (AvgIpc) is 3.15. The molecule has 0 aromatic heterocycles. The second-order valence-electron chi connectivity index (χ2n) is 7.96. The Morgan fingerprint density at radius 1 is 0.905 bits per heavy atom. The second-order valence-corrected chi connectivity index (χ2v) is 7.96. The van der Waals surface area contributed by atoms with E-state index in [-0.39, 0.29) is 0 Å². The molecule has 2 rings (SSSR count). The number of hydrogen-bond donors (Lipinski definition) is 1. The third kappa shape index (κ3) is 5.25. The summed E-state index contributed by atoms with van der Waals surface area (Å²) in [5.41, 5.74) is 6.60. The Kier molecular flexibility index (Phi) is 7.01. The lowest BCUT2D eigenvalue weighted by Crippen LogP contribution is -2.53. The zero-order valence-corrected chi connectivity index (χ0v) is 14.6. The van der Waals surface area contributed by atoms with Gasteiger partial charge in [-0.3, -0.25) is 4.90 Å². The highest BCUT2D eigenvalue weighted by molar-refractivity contribution is 4.94. The predicted molar refractivity (Wildman–Crippen MR) is 92.5 cm³/mol. The summed E-state index contributed by atoms with van der Waals surface area (Å²) in [4.78, 5) is 2.66. The molecular formula is C19H38N2. The Bertz CT molecular complexity index is 277. The maximum atomic E-state index is 6.31. The molecule has 2 unspecified atom stereocenters. The lowest BCUT2D eigenvalue weighted by Gasteiger charge is -2.42. The topological polar surface area (TPSA) is 29.3 Å². The maximum Gasteiger partial charge on any atom is 0.0328 e. The monoisotopic (exact) mass is 294 g/mol. The van der Waals surface area contributed by atoms with Gasteiger partial charge in [0.1, 0.15) is 0 Å². The highest BCUT2D eigenvalue weighted by Crippen LogP contribution is 2.40. The van der Waals surface area contributed by atoms with E-state index < -0.39 is 0 Å². The number of rotatable bonds is 4. The number of nitrogens with zero attached hydrogens (tertiary/aromatic N) is 1. The van der Waals surface area contributed by atoms with Crippen molar-refractivity contribution in [3.63, 3.8) is 0 Å². The van der Waals surface area contributed by atoms with Gasteiger partial charge in [-0.2, -0.15) is 0 Å². The molecule has 0 saturated heterocycles. The molecule has 2 aliphatic carbocycles. The summed E-state index contributed by atoms with van der Waals surface area (Å²) in [5, 5.41) is 0. The molecule has 0 spiro atoms.